The molecule has 1 aromatic heterocycles. The summed E-state index contributed by atoms with van der Waals surface area (Å²) in [5, 5.41) is 13.9. The Balaban J connectivity index is 1.86. The lowest BCUT2D eigenvalue weighted by Crippen LogP contribution is -2.15. The first-order valence-corrected chi connectivity index (χ1v) is 9.86. The minimum absolute atomic E-state index is 0.330. The van der Waals surface area contributed by atoms with E-state index in [-0.39, 0.29) is 5.91 Å². The lowest BCUT2D eigenvalue weighted by molar-refractivity contribution is 0.102. The second kappa shape index (κ2) is 7.16. The molecular formula is C17H18N6O3S. The number of aromatic nitrogens is 4. The van der Waals surface area contributed by atoms with Crippen molar-refractivity contribution in [1.29, 1.82) is 0 Å². The number of amides is 1. The summed E-state index contributed by atoms with van der Waals surface area (Å²) in [6.07, 6.45) is 2.53. The van der Waals surface area contributed by atoms with Crippen LogP contribution in [-0.2, 0) is 10.0 Å². The third-order valence-electron chi connectivity index (χ3n) is 3.86. The van der Waals surface area contributed by atoms with Crippen LogP contribution < -0.4 is 10.0 Å². The molecule has 0 radical (unpaired) electrons. The quantitative estimate of drug-likeness (QED) is 0.691. The van der Waals surface area contributed by atoms with Crippen molar-refractivity contribution in [3.05, 3.63) is 59.4 Å². The zero-order valence-corrected chi connectivity index (χ0v) is 15.8. The zero-order valence-electron chi connectivity index (χ0n) is 15.0. The van der Waals surface area contributed by atoms with Crippen LogP contribution in [0.4, 0.5) is 11.4 Å². The van der Waals surface area contributed by atoms with E-state index in [2.05, 4.69) is 25.6 Å². The van der Waals surface area contributed by atoms with Crippen molar-refractivity contribution in [3.8, 4) is 5.69 Å². The van der Waals surface area contributed by atoms with Gasteiger partial charge in [0.1, 0.15) is 6.33 Å². The highest BCUT2D eigenvalue weighted by atomic mass is 32.2. The van der Waals surface area contributed by atoms with E-state index in [1.54, 1.807) is 31.2 Å². The fourth-order valence-corrected chi connectivity index (χ4v) is 3.10. The van der Waals surface area contributed by atoms with Gasteiger partial charge in [-0.15, -0.1) is 5.10 Å². The lowest BCUT2D eigenvalue weighted by atomic mass is 10.1. The van der Waals surface area contributed by atoms with E-state index < -0.39 is 10.0 Å². The molecule has 1 heterocycles. The summed E-state index contributed by atoms with van der Waals surface area (Å²) in [5.74, 6) is -0.363. The van der Waals surface area contributed by atoms with E-state index in [0.29, 0.717) is 22.5 Å². The van der Waals surface area contributed by atoms with Gasteiger partial charge in [-0.05, 0) is 59.7 Å². The Bertz CT molecular complexity index is 1090. The Hall–Kier alpha value is -3.27. The summed E-state index contributed by atoms with van der Waals surface area (Å²) in [6, 6.07) is 10.2. The van der Waals surface area contributed by atoms with Gasteiger partial charge in [0.05, 0.1) is 17.6 Å². The summed E-state index contributed by atoms with van der Waals surface area (Å²) in [7, 11) is -3.44. The van der Waals surface area contributed by atoms with Gasteiger partial charge in [0, 0.05) is 11.3 Å². The molecule has 0 saturated heterocycles. The third kappa shape index (κ3) is 4.47. The van der Waals surface area contributed by atoms with Gasteiger partial charge in [0.2, 0.25) is 10.0 Å². The number of nitrogens with zero attached hydrogens (tertiary/aromatic N) is 4. The molecule has 0 bridgehead atoms. The molecular weight excluding hydrogens is 368 g/mol. The van der Waals surface area contributed by atoms with Crippen molar-refractivity contribution in [2.24, 2.45) is 0 Å². The van der Waals surface area contributed by atoms with E-state index in [1.807, 2.05) is 13.0 Å². The Morgan fingerprint density at radius 1 is 1.07 bits per heavy atom. The van der Waals surface area contributed by atoms with Crippen LogP contribution in [0, 0.1) is 13.8 Å². The SMILES string of the molecule is Cc1ccc(C(=O)Nc2ccc(C)c(-n3cnnn3)c2)cc1NS(C)(=O)=O. The van der Waals surface area contributed by atoms with E-state index in [1.165, 1.54) is 17.1 Å². The first-order chi connectivity index (χ1) is 12.7. The molecule has 10 heteroatoms. The number of carbonyl (C=O) groups is 1. The molecule has 0 aliphatic carbocycles. The van der Waals surface area contributed by atoms with Crippen molar-refractivity contribution < 1.29 is 13.2 Å². The maximum absolute atomic E-state index is 12.6. The summed E-state index contributed by atoms with van der Waals surface area (Å²) in [4.78, 5) is 12.6. The first-order valence-electron chi connectivity index (χ1n) is 7.97. The minimum Gasteiger partial charge on any atom is -0.322 e. The number of anilines is 2. The molecule has 0 spiro atoms. The molecule has 3 rings (SSSR count). The van der Waals surface area contributed by atoms with E-state index >= 15 is 0 Å². The van der Waals surface area contributed by atoms with Crippen molar-refractivity contribution >= 4 is 27.3 Å². The fraction of sp³-hybridized carbons (Fsp3) is 0.176. The van der Waals surface area contributed by atoms with Gasteiger partial charge in [-0.1, -0.05) is 12.1 Å². The smallest absolute Gasteiger partial charge is 0.255 e. The molecule has 27 heavy (non-hydrogen) atoms. The maximum Gasteiger partial charge on any atom is 0.255 e. The molecule has 1 amide bonds. The van der Waals surface area contributed by atoms with Crippen LogP contribution in [0.25, 0.3) is 5.69 Å². The average Bonchev–Trinajstić information content (AvgIpc) is 3.11. The molecule has 3 aromatic rings. The molecule has 0 fully saturated rings. The number of carbonyl (C=O) groups excluding carboxylic acids is 1. The molecule has 0 aliphatic rings. The van der Waals surface area contributed by atoms with Crippen molar-refractivity contribution in [3.63, 3.8) is 0 Å². The maximum atomic E-state index is 12.6. The highest BCUT2D eigenvalue weighted by molar-refractivity contribution is 7.92. The molecule has 2 aromatic carbocycles. The average molecular weight is 386 g/mol. The van der Waals surface area contributed by atoms with E-state index in [9.17, 15) is 13.2 Å². The summed E-state index contributed by atoms with van der Waals surface area (Å²) < 4.78 is 26.9. The van der Waals surface area contributed by atoms with Gasteiger partial charge in [0.15, 0.2) is 0 Å². The monoisotopic (exact) mass is 386 g/mol. The number of aryl methyl sites for hydroxylation is 2. The first kappa shape index (κ1) is 18.5. The summed E-state index contributed by atoms with van der Waals surface area (Å²) in [6.45, 7) is 3.67. The second-order valence-corrected chi connectivity index (χ2v) is 7.86. The lowest BCUT2D eigenvalue weighted by Gasteiger charge is -2.12. The predicted molar refractivity (Wildman–Crippen MR) is 101 cm³/mol. The van der Waals surface area contributed by atoms with Crippen LogP contribution in [0.5, 0.6) is 0 Å². The molecule has 140 valence electrons. The van der Waals surface area contributed by atoms with Gasteiger partial charge in [-0.25, -0.2) is 13.1 Å². The van der Waals surface area contributed by atoms with Crippen LogP contribution >= 0.6 is 0 Å². The van der Waals surface area contributed by atoms with Crippen LogP contribution in [0.2, 0.25) is 0 Å². The fourth-order valence-electron chi connectivity index (χ4n) is 2.48. The van der Waals surface area contributed by atoms with Gasteiger partial charge in [-0.2, -0.15) is 0 Å². The number of hydrogen-bond donors (Lipinski definition) is 2. The third-order valence-corrected chi connectivity index (χ3v) is 4.45. The second-order valence-electron chi connectivity index (χ2n) is 6.11. The molecule has 0 saturated carbocycles. The largest absolute Gasteiger partial charge is 0.322 e. The topological polar surface area (TPSA) is 119 Å². The van der Waals surface area contributed by atoms with Crippen molar-refractivity contribution in [2.45, 2.75) is 13.8 Å². The van der Waals surface area contributed by atoms with Crippen molar-refractivity contribution in [1.82, 2.24) is 20.2 Å². The van der Waals surface area contributed by atoms with Gasteiger partial charge < -0.3 is 5.32 Å². The van der Waals surface area contributed by atoms with Crippen LogP contribution in [0.3, 0.4) is 0 Å². The number of tetrazole rings is 1. The molecule has 9 nitrogen and oxygen atoms in total. The van der Waals surface area contributed by atoms with Gasteiger partial charge in [0.25, 0.3) is 5.91 Å². The normalized spacial score (nSPS) is 11.2. The number of nitrogens with one attached hydrogen (secondary N) is 2. The Morgan fingerprint density at radius 2 is 1.81 bits per heavy atom. The van der Waals surface area contributed by atoms with Crippen LogP contribution in [-0.4, -0.2) is 40.8 Å². The molecule has 0 atom stereocenters. The number of rotatable bonds is 5. The predicted octanol–water partition coefficient (Wildman–Crippen LogP) is 1.90. The van der Waals surface area contributed by atoms with E-state index in [0.717, 1.165) is 17.5 Å². The minimum atomic E-state index is -3.44. The Labute approximate surface area is 156 Å². The van der Waals surface area contributed by atoms with Crippen LogP contribution in [0.1, 0.15) is 21.5 Å². The Kier molecular flexibility index (Phi) is 4.91. The number of benzene rings is 2. The van der Waals surface area contributed by atoms with Crippen LogP contribution in [0.15, 0.2) is 42.7 Å². The van der Waals surface area contributed by atoms with Gasteiger partial charge in [-0.3, -0.25) is 9.52 Å². The van der Waals surface area contributed by atoms with E-state index in [4.69, 9.17) is 0 Å². The number of sulfonamides is 1. The molecule has 0 unspecified atom stereocenters. The molecule has 2 N–H and O–H groups in total. The van der Waals surface area contributed by atoms with Gasteiger partial charge >= 0.3 is 0 Å². The molecule has 0 aliphatic heterocycles. The number of hydrogen-bond acceptors (Lipinski definition) is 6. The highest BCUT2D eigenvalue weighted by Crippen LogP contribution is 2.21. The standard InChI is InChI=1S/C17H18N6O3S/c1-11-4-6-13(8-15(11)20-27(3,25)26)17(24)19-14-7-5-12(2)16(9-14)23-10-18-21-22-23/h4-10,20H,1-3H3,(H,19,24). The Morgan fingerprint density at radius 3 is 2.48 bits per heavy atom. The highest BCUT2D eigenvalue weighted by Gasteiger charge is 2.12. The van der Waals surface area contributed by atoms with Crippen molar-refractivity contribution in [2.75, 3.05) is 16.3 Å². The zero-order chi connectivity index (χ0) is 19.6. The summed E-state index contributed by atoms with van der Waals surface area (Å²) >= 11 is 0. The summed E-state index contributed by atoms with van der Waals surface area (Å²) in [5.41, 5.74) is 3.65.